The van der Waals surface area contributed by atoms with Crippen molar-refractivity contribution in [2.24, 2.45) is 0 Å². The van der Waals surface area contributed by atoms with Gasteiger partial charge in [0.25, 0.3) is 11.8 Å². The van der Waals surface area contributed by atoms with Crippen LogP contribution in [-0.4, -0.2) is 42.9 Å². The number of hydrogen-bond donors (Lipinski definition) is 1. The first-order valence-corrected chi connectivity index (χ1v) is 10.4. The van der Waals surface area contributed by atoms with E-state index in [1.54, 1.807) is 41.3 Å². The second kappa shape index (κ2) is 9.01. The van der Waals surface area contributed by atoms with Crippen LogP contribution in [-0.2, 0) is 6.18 Å². The highest BCUT2D eigenvalue weighted by atomic mass is 19.4. The summed E-state index contributed by atoms with van der Waals surface area (Å²) in [7, 11) is 0. The van der Waals surface area contributed by atoms with Crippen LogP contribution >= 0.6 is 0 Å². The summed E-state index contributed by atoms with van der Waals surface area (Å²) in [5.74, 6) is -0.452. The number of hydrogen-bond acceptors (Lipinski definition) is 4. The van der Waals surface area contributed by atoms with E-state index >= 15 is 0 Å². The summed E-state index contributed by atoms with van der Waals surface area (Å²) in [4.78, 5) is 28.8. The predicted octanol–water partition coefficient (Wildman–Crippen LogP) is 4.82. The van der Waals surface area contributed by atoms with E-state index < -0.39 is 17.6 Å². The van der Waals surface area contributed by atoms with E-state index in [0.29, 0.717) is 43.1 Å². The minimum atomic E-state index is -4.40. The van der Waals surface area contributed by atoms with E-state index in [-0.39, 0.29) is 11.7 Å². The molecule has 3 aromatic rings. The van der Waals surface area contributed by atoms with Crippen LogP contribution in [0.3, 0.4) is 0 Å². The van der Waals surface area contributed by atoms with Crippen molar-refractivity contribution in [2.75, 3.05) is 36.4 Å². The van der Waals surface area contributed by atoms with Gasteiger partial charge in [-0.05, 0) is 55.0 Å². The van der Waals surface area contributed by atoms with Gasteiger partial charge in [-0.2, -0.15) is 13.2 Å². The third kappa shape index (κ3) is 5.02. The van der Waals surface area contributed by atoms with Gasteiger partial charge in [-0.25, -0.2) is 0 Å². The smallest absolute Gasteiger partial charge is 0.416 e. The number of amides is 2. The molecule has 0 spiro atoms. The Morgan fingerprint density at radius 3 is 2.39 bits per heavy atom. The number of anilines is 2. The Kier molecular flexibility index (Phi) is 6.13. The van der Waals surface area contributed by atoms with Crippen molar-refractivity contribution in [3.63, 3.8) is 0 Å². The summed E-state index contributed by atoms with van der Waals surface area (Å²) < 4.78 is 44.1. The molecule has 0 saturated carbocycles. The number of rotatable bonds is 4. The van der Waals surface area contributed by atoms with Crippen LogP contribution in [0.25, 0.3) is 0 Å². The SMILES string of the molecule is Cc1ccc(C(=O)N2CCN(c3cccc(C(F)(F)F)c3)CC2)cc1NC(=O)c1ccco1. The number of furan rings is 1. The van der Waals surface area contributed by atoms with Crippen LogP contribution in [0.1, 0.15) is 32.0 Å². The molecular weight excluding hydrogens is 435 g/mol. The topological polar surface area (TPSA) is 65.8 Å². The average molecular weight is 457 g/mol. The van der Waals surface area contributed by atoms with Crippen LogP contribution in [0.15, 0.2) is 65.3 Å². The Labute approximate surface area is 188 Å². The van der Waals surface area contributed by atoms with Gasteiger partial charge >= 0.3 is 6.18 Å². The van der Waals surface area contributed by atoms with Crippen molar-refractivity contribution < 1.29 is 27.2 Å². The molecule has 1 saturated heterocycles. The van der Waals surface area contributed by atoms with E-state index in [1.807, 2.05) is 11.8 Å². The van der Waals surface area contributed by atoms with Gasteiger partial charge in [0, 0.05) is 43.1 Å². The maximum absolute atomic E-state index is 13.0. The lowest BCUT2D eigenvalue weighted by atomic mass is 10.1. The number of nitrogens with one attached hydrogen (secondary N) is 1. The number of nitrogens with zero attached hydrogens (tertiary/aromatic N) is 2. The number of carbonyl (C=O) groups is 2. The van der Waals surface area contributed by atoms with E-state index in [4.69, 9.17) is 4.42 Å². The summed E-state index contributed by atoms with van der Waals surface area (Å²) in [5.41, 5.74) is 1.51. The van der Waals surface area contributed by atoms with Crippen LogP contribution in [0, 0.1) is 6.92 Å². The van der Waals surface area contributed by atoms with E-state index in [0.717, 1.165) is 17.7 Å². The molecule has 1 aromatic heterocycles. The minimum absolute atomic E-state index is 0.164. The first-order valence-electron chi connectivity index (χ1n) is 10.4. The molecule has 2 heterocycles. The van der Waals surface area contributed by atoms with Gasteiger partial charge in [0.2, 0.25) is 0 Å². The number of aryl methyl sites for hydroxylation is 1. The van der Waals surface area contributed by atoms with Crippen molar-refractivity contribution in [3.8, 4) is 0 Å². The normalized spacial score (nSPS) is 14.3. The lowest BCUT2D eigenvalue weighted by Gasteiger charge is -2.36. The Bertz CT molecular complexity index is 1150. The van der Waals surface area contributed by atoms with E-state index in [1.165, 1.54) is 12.3 Å². The second-order valence-corrected chi connectivity index (χ2v) is 7.79. The quantitative estimate of drug-likeness (QED) is 0.610. The Hall–Kier alpha value is -3.75. The fourth-order valence-corrected chi connectivity index (χ4v) is 3.71. The van der Waals surface area contributed by atoms with Gasteiger partial charge in [0.05, 0.1) is 11.8 Å². The molecule has 2 amide bonds. The number of piperazine rings is 1. The molecule has 1 aliphatic rings. The van der Waals surface area contributed by atoms with E-state index in [2.05, 4.69) is 5.32 Å². The first-order chi connectivity index (χ1) is 15.7. The molecule has 0 aliphatic carbocycles. The van der Waals surface area contributed by atoms with Crippen molar-refractivity contribution in [1.29, 1.82) is 0 Å². The molecule has 0 bridgehead atoms. The predicted molar refractivity (Wildman–Crippen MR) is 117 cm³/mol. The summed E-state index contributed by atoms with van der Waals surface area (Å²) >= 11 is 0. The highest BCUT2D eigenvalue weighted by Gasteiger charge is 2.31. The monoisotopic (exact) mass is 457 g/mol. The summed E-state index contributed by atoms with van der Waals surface area (Å²) in [6, 6.07) is 13.4. The van der Waals surface area contributed by atoms with Gasteiger partial charge in [-0.3, -0.25) is 9.59 Å². The molecule has 1 fully saturated rings. The van der Waals surface area contributed by atoms with Crippen LogP contribution in [0.5, 0.6) is 0 Å². The lowest BCUT2D eigenvalue weighted by Crippen LogP contribution is -2.48. The molecule has 1 aliphatic heterocycles. The molecule has 1 N–H and O–H groups in total. The maximum atomic E-state index is 13.0. The van der Waals surface area contributed by atoms with Gasteiger partial charge in [0.15, 0.2) is 5.76 Å². The Morgan fingerprint density at radius 1 is 0.970 bits per heavy atom. The fraction of sp³-hybridized carbons (Fsp3) is 0.250. The molecule has 6 nitrogen and oxygen atoms in total. The number of halogens is 3. The van der Waals surface area contributed by atoms with Crippen LogP contribution in [0.2, 0.25) is 0 Å². The minimum Gasteiger partial charge on any atom is -0.459 e. The van der Waals surface area contributed by atoms with Gasteiger partial charge in [-0.15, -0.1) is 0 Å². The molecule has 9 heteroatoms. The standard InChI is InChI=1S/C24H22F3N3O3/c1-16-7-8-17(14-20(16)28-22(31)21-6-3-13-33-21)23(32)30-11-9-29(10-12-30)19-5-2-4-18(15-19)24(25,26)27/h2-8,13-15H,9-12H2,1H3,(H,28,31). The van der Waals surface area contributed by atoms with Crippen molar-refractivity contribution >= 4 is 23.2 Å². The Morgan fingerprint density at radius 2 is 1.73 bits per heavy atom. The lowest BCUT2D eigenvalue weighted by molar-refractivity contribution is -0.137. The molecule has 172 valence electrons. The highest BCUT2D eigenvalue weighted by Crippen LogP contribution is 2.32. The first kappa shape index (κ1) is 22.4. The Balaban J connectivity index is 1.42. The third-order valence-corrected chi connectivity index (χ3v) is 5.58. The van der Waals surface area contributed by atoms with Crippen molar-refractivity contribution in [2.45, 2.75) is 13.1 Å². The van der Waals surface area contributed by atoms with E-state index in [9.17, 15) is 22.8 Å². The fourth-order valence-electron chi connectivity index (χ4n) is 3.71. The van der Waals surface area contributed by atoms with Crippen LogP contribution < -0.4 is 10.2 Å². The molecule has 0 unspecified atom stereocenters. The average Bonchev–Trinajstić information content (AvgIpc) is 3.35. The summed E-state index contributed by atoms with van der Waals surface area (Å²) in [5, 5.41) is 2.75. The molecular formula is C24H22F3N3O3. The summed E-state index contributed by atoms with van der Waals surface area (Å²) in [6.07, 6.45) is -3.00. The zero-order valence-corrected chi connectivity index (χ0v) is 17.9. The van der Waals surface area contributed by atoms with Gasteiger partial charge in [0.1, 0.15) is 0 Å². The van der Waals surface area contributed by atoms with Crippen molar-refractivity contribution in [1.82, 2.24) is 4.90 Å². The highest BCUT2D eigenvalue weighted by molar-refractivity contribution is 6.04. The molecule has 0 radical (unpaired) electrons. The molecule has 4 rings (SSSR count). The maximum Gasteiger partial charge on any atom is 0.416 e. The van der Waals surface area contributed by atoms with Gasteiger partial charge < -0.3 is 19.5 Å². The zero-order chi connectivity index (χ0) is 23.6. The van der Waals surface area contributed by atoms with Crippen LogP contribution in [0.4, 0.5) is 24.5 Å². The molecule has 33 heavy (non-hydrogen) atoms. The van der Waals surface area contributed by atoms with Gasteiger partial charge in [-0.1, -0.05) is 12.1 Å². The number of benzene rings is 2. The third-order valence-electron chi connectivity index (χ3n) is 5.58. The number of carbonyl (C=O) groups excluding carboxylic acids is 2. The second-order valence-electron chi connectivity index (χ2n) is 7.79. The van der Waals surface area contributed by atoms with Crippen molar-refractivity contribution in [3.05, 3.63) is 83.3 Å². The zero-order valence-electron chi connectivity index (χ0n) is 17.9. The summed E-state index contributed by atoms with van der Waals surface area (Å²) in [6.45, 7) is 3.40. The molecule has 2 aromatic carbocycles. The number of alkyl halides is 3. The largest absolute Gasteiger partial charge is 0.459 e. The molecule has 0 atom stereocenters.